The van der Waals surface area contributed by atoms with Gasteiger partial charge in [0.1, 0.15) is 5.78 Å². The number of hydrogen-bond donors (Lipinski definition) is 0. The second-order valence-corrected chi connectivity index (χ2v) is 6.06. The summed E-state index contributed by atoms with van der Waals surface area (Å²) in [6.07, 6.45) is 7.05. The van der Waals surface area contributed by atoms with E-state index in [1.807, 2.05) is 6.92 Å². The summed E-state index contributed by atoms with van der Waals surface area (Å²) < 4.78 is 4.96. The first kappa shape index (κ1) is 11.9. The standard InChI is InChI=1S/C15H20O3/c1-4-11(16)15-10-7-5-9(6-8-10)14(15,2)12(15)13(17)18-3/h5,7,9-10,12H,4,6,8H2,1-3H3. The number of methoxy groups -OCH3 is 1. The Labute approximate surface area is 108 Å². The van der Waals surface area contributed by atoms with Gasteiger partial charge >= 0.3 is 5.97 Å². The summed E-state index contributed by atoms with van der Waals surface area (Å²) in [5, 5.41) is 0. The number of hydrogen-bond acceptors (Lipinski definition) is 3. The van der Waals surface area contributed by atoms with Crippen molar-refractivity contribution in [1.29, 1.82) is 0 Å². The molecule has 3 heteroatoms. The van der Waals surface area contributed by atoms with Gasteiger partial charge in [-0.25, -0.2) is 0 Å². The van der Waals surface area contributed by atoms with Gasteiger partial charge in [0.05, 0.1) is 18.4 Å². The second-order valence-electron chi connectivity index (χ2n) is 6.06. The molecule has 0 amide bonds. The zero-order chi connectivity index (χ0) is 13.1. The highest BCUT2D eigenvalue weighted by Gasteiger charge is 2.85. The molecule has 0 spiro atoms. The molecular weight excluding hydrogens is 228 g/mol. The number of allylic oxidation sites excluding steroid dienone is 2. The molecule has 4 rings (SSSR count). The normalized spacial score (nSPS) is 47.6. The Morgan fingerprint density at radius 3 is 2.39 bits per heavy atom. The number of carbonyl (C=O) groups is 2. The molecule has 0 aliphatic heterocycles. The Hall–Kier alpha value is -1.12. The molecular formula is C15H20O3. The topological polar surface area (TPSA) is 43.4 Å². The van der Waals surface area contributed by atoms with Crippen LogP contribution in [0.5, 0.6) is 0 Å². The first-order valence-corrected chi connectivity index (χ1v) is 6.84. The van der Waals surface area contributed by atoms with Crippen LogP contribution in [-0.2, 0) is 14.3 Å². The Morgan fingerprint density at radius 1 is 1.28 bits per heavy atom. The number of esters is 1. The summed E-state index contributed by atoms with van der Waals surface area (Å²) in [6, 6.07) is 0. The summed E-state index contributed by atoms with van der Waals surface area (Å²) in [7, 11) is 1.43. The molecule has 0 aromatic carbocycles. The quantitative estimate of drug-likeness (QED) is 0.569. The maximum absolute atomic E-state index is 12.5. The second kappa shape index (κ2) is 3.46. The van der Waals surface area contributed by atoms with Crippen molar-refractivity contribution in [3.8, 4) is 0 Å². The third kappa shape index (κ3) is 0.987. The highest BCUT2D eigenvalue weighted by Crippen LogP contribution is 2.82. The van der Waals surface area contributed by atoms with Crippen LogP contribution in [0.2, 0.25) is 0 Å². The maximum Gasteiger partial charge on any atom is 0.310 e. The number of ketones is 1. The van der Waals surface area contributed by atoms with Gasteiger partial charge in [-0.1, -0.05) is 26.0 Å². The third-order valence-corrected chi connectivity index (χ3v) is 5.80. The molecule has 0 aromatic heterocycles. The molecule has 98 valence electrons. The molecule has 0 saturated heterocycles. The van der Waals surface area contributed by atoms with Crippen LogP contribution < -0.4 is 0 Å². The smallest absolute Gasteiger partial charge is 0.310 e. The Balaban J connectivity index is 2.10. The molecule has 0 heterocycles. The molecule has 18 heavy (non-hydrogen) atoms. The average Bonchev–Trinajstić information content (AvgIpc) is 3.03. The van der Waals surface area contributed by atoms with E-state index in [0.29, 0.717) is 12.3 Å². The lowest BCUT2D eigenvalue weighted by Crippen LogP contribution is -2.40. The Bertz CT molecular complexity index is 453. The van der Waals surface area contributed by atoms with Crippen LogP contribution >= 0.6 is 0 Å². The summed E-state index contributed by atoms with van der Waals surface area (Å²) >= 11 is 0. The van der Waals surface area contributed by atoms with Crippen LogP contribution in [0.4, 0.5) is 0 Å². The van der Waals surface area contributed by atoms with Crippen molar-refractivity contribution in [2.24, 2.45) is 28.6 Å². The predicted octanol–water partition coefficient (Wildman–Crippen LogP) is 2.36. The molecule has 3 nitrogen and oxygen atoms in total. The highest BCUT2D eigenvalue weighted by molar-refractivity contribution is 5.98. The summed E-state index contributed by atoms with van der Waals surface area (Å²) in [5.41, 5.74) is -0.642. The van der Waals surface area contributed by atoms with Crippen LogP contribution in [0.3, 0.4) is 0 Å². The number of carbonyl (C=O) groups excluding carboxylic acids is 2. The third-order valence-electron chi connectivity index (χ3n) is 5.80. The van der Waals surface area contributed by atoms with Gasteiger partial charge in [0, 0.05) is 11.8 Å². The van der Waals surface area contributed by atoms with Gasteiger partial charge in [-0.3, -0.25) is 9.59 Å². The van der Waals surface area contributed by atoms with Crippen LogP contribution in [-0.4, -0.2) is 18.9 Å². The highest BCUT2D eigenvalue weighted by atomic mass is 16.5. The maximum atomic E-state index is 12.5. The van der Waals surface area contributed by atoms with Crippen molar-refractivity contribution < 1.29 is 14.3 Å². The van der Waals surface area contributed by atoms with Gasteiger partial charge in [0.15, 0.2) is 0 Å². The van der Waals surface area contributed by atoms with Gasteiger partial charge < -0.3 is 4.74 Å². The van der Waals surface area contributed by atoms with Crippen molar-refractivity contribution in [2.45, 2.75) is 33.1 Å². The SMILES string of the molecule is CCC(=O)C12C3C=CC(CC3)C1(C)C2C(=O)OC. The minimum Gasteiger partial charge on any atom is -0.469 e. The van der Waals surface area contributed by atoms with Crippen molar-refractivity contribution in [3.05, 3.63) is 12.2 Å². The van der Waals surface area contributed by atoms with Crippen molar-refractivity contribution in [1.82, 2.24) is 0 Å². The first-order chi connectivity index (χ1) is 8.55. The molecule has 0 N–H and O–H groups in total. The van der Waals surface area contributed by atoms with Crippen molar-refractivity contribution in [2.75, 3.05) is 7.11 Å². The summed E-state index contributed by atoms with van der Waals surface area (Å²) in [5.74, 6) is 0.431. The zero-order valence-electron chi connectivity index (χ0n) is 11.2. The van der Waals surface area contributed by atoms with E-state index in [-0.39, 0.29) is 29.0 Å². The van der Waals surface area contributed by atoms with E-state index < -0.39 is 5.41 Å². The van der Waals surface area contributed by atoms with E-state index in [9.17, 15) is 9.59 Å². The lowest BCUT2D eigenvalue weighted by Gasteiger charge is -2.41. The molecule has 0 radical (unpaired) electrons. The molecule has 5 atom stereocenters. The lowest BCUT2D eigenvalue weighted by atomic mass is 9.61. The largest absolute Gasteiger partial charge is 0.469 e. The first-order valence-electron chi connectivity index (χ1n) is 6.84. The molecule has 5 unspecified atom stereocenters. The van der Waals surface area contributed by atoms with Gasteiger partial charge in [-0.15, -0.1) is 0 Å². The lowest BCUT2D eigenvalue weighted by molar-refractivity contribution is -0.145. The number of ether oxygens (including phenoxy) is 1. The Morgan fingerprint density at radius 2 is 1.89 bits per heavy atom. The summed E-state index contributed by atoms with van der Waals surface area (Å²) in [4.78, 5) is 24.6. The van der Waals surface area contributed by atoms with E-state index in [2.05, 4.69) is 19.1 Å². The Kier molecular flexibility index (Phi) is 2.30. The minimum absolute atomic E-state index is 0.190. The monoisotopic (exact) mass is 248 g/mol. The zero-order valence-corrected chi connectivity index (χ0v) is 11.2. The number of rotatable bonds is 3. The van der Waals surface area contributed by atoms with E-state index in [1.165, 1.54) is 7.11 Å². The molecule has 0 aromatic rings. The minimum atomic E-state index is -0.452. The predicted molar refractivity (Wildman–Crippen MR) is 66.7 cm³/mol. The fourth-order valence-corrected chi connectivity index (χ4v) is 5.01. The van der Waals surface area contributed by atoms with Crippen molar-refractivity contribution >= 4 is 11.8 Å². The van der Waals surface area contributed by atoms with Crippen molar-refractivity contribution in [3.63, 3.8) is 0 Å². The number of Topliss-reactive ketones (excluding diaryl/α,β-unsaturated/α-hetero) is 1. The summed E-state index contributed by atoms with van der Waals surface area (Å²) in [6.45, 7) is 4.01. The van der Waals surface area contributed by atoms with Gasteiger partial charge in [0.25, 0.3) is 0 Å². The van der Waals surface area contributed by atoms with Crippen LogP contribution in [0.15, 0.2) is 12.2 Å². The van der Waals surface area contributed by atoms with Gasteiger partial charge in [-0.2, -0.15) is 0 Å². The van der Waals surface area contributed by atoms with E-state index >= 15 is 0 Å². The van der Waals surface area contributed by atoms with E-state index in [0.717, 1.165) is 12.8 Å². The van der Waals surface area contributed by atoms with Crippen LogP contribution in [0.25, 0.3) is 0 Å². The van der Waals surface area contributed by atoms with E-state index in [1.54, 1.807) is 0 Å². The molecule has 4 aliphatic carbocycles. The van der Waals surface area contributed by atoms with Crippen LogP contribution in [0, 0.1) is 28.6 Å². The number of fused-ring (bicyclic) bond motifs is 1. The molecule has 2 bridgehead atoms. The molecule has 4 aliphatic rings. The fourth-order valence-electron chi connectivity index (χ4n) is 5.01. The fraction of sp³-hybridized carbons (Fsp3) is 0.733. The van der Waals surface area contributed by atoms with Gasteiger partial charge in [-0.05, 0) is 24.7 Å². The van der Waals surface area contributed by atoms with Gasteiger partial charge in [0.2, 0.25) is 0 Å². The molecule has 2 saturated carbocycles. The molecule has 2 fully saturated rings. The van der Waals surface area contributed by atoms with Crippen LogP contribution in [0.1, 0.15) is 33.1 Å². The average molecular weight is 248 g/mol. The van der Waals surface area contributed by atoms with E-state index in [4.69, 9.17) is 4.74 Å².